The first-order valence-corrected chi connectivity index (χ1v) is 10.6. The fourth-order valence-corrected chi connectivity index (χ4v) is 3.51. The van der Waals surface area contributed by atoms with Crippen molar-refractivity contribution < 1.29 is 23.2 Å². The number of hydroxylamine groups is 1. The van der Waals surface area contributed by atoms with Crippen molar-refractivity contribution in [2.75, 3.05) is 13.1 Å². The van der Waals surface area contributed by atoms with Crippen molar-refractivity contribution >= 4 is 33.2 Å². The van der Waals surface area contributed by atoms with Gasteiger partial charge in [0.15, 0.2) is 16.8 Å². The Balaban J connectivity index is 5.51. The number of carbonyl (C=O) groups is 2. The van der Waals surface area contributed by atoms with Crippen LogP contribution in [0.4, 0.5) is 0 Å². The predicted octanol–water partition coefficient (Wildman–Crippen LogP) is 2.17. The molecule has 0 saturated carbocycles. The predicted molar refractivity (Wildman–Crippen MR) is 110 cm³/mol. The summed E-state index contributed by atoms with van der Waals surface area (Å²) < 4.78 is 27.9. The molecular formula is C19H29ClN2O5S. The maximum Gasteiger partial charge on any atom is 0.229 e. The second-order valence-corrected chi connectivity index (χ2v) is 9.71. The zero-order valence-electron chi connectivity index (χ0n) is 17.1. The summed E-state index contributed by atoms with van der Waals surface area (Å²) >= 11 is 5.84. The van der Waals surface area contributed by atoms with Gasteiger partial charge in [0.1, 0.15) is 0 Å². The van der Waals surface area contributed by atoms with Gasteiger partial charge in [0, 0.05) is 23.1 Å². The summed E-state index contributed by atoms with van der Waals surface area (Å²) in [7, 11) is -3.92. The van der Waals surface area contributed by atoms with E-state index in [0.29, 0.717) is 5.57 Å². The van der Waals surface area contributed by atoms with Gasteiger partial charge in [0.25, 0.3) is 0 Å². The number of allylic oxidation sites excluding steroid dienone is 3. The van der Waals surface area contributed by atoms with E-state index in [-0.39, 0.29) is 29.7 Å². The number of halogens is 1. The van der Waals surface area contributed by atoms with Crippen molar-refractivity contribution in [2.45, 2.75) is 46.8 Å². The van der Waals surface area contributed by atoms with Crippen LogP contribution in [-0.2, 0) is 19.6 Å². The first kappa shape index (κ1) is 26.5. The van der Waals surface area contributed by atoms with E-state index in [1.165, 1.54) is 26.0 Å². The third-order valence-corrected chi connectivity index (χ3v) is 6.02. The number of sulfonamides is 1. The highest BCUT2D eigenvalue weighted by molar-refractivity contribution is 7.90. The van der Waals surface area contributed by atoms with Crippen LogP contribution < -0.4 is 10.2 Å². The number of hydrogen-bond donors (Lipinski definition) is 3. The molecule has 2 atom stereocenters. The van der Waals surface area contributed by atoms with Crippen LogP contribution in [-0.4, -0.2) is 43.5 Å². The highest BCUT2D eigenvalue weighted by atomic mass is 35.5. The minimum absolute atomic E-state index is 0.0106. The Labute approximate surface area is 172 Å². The van der Waals surface area contributed by atoms with Crippen molar-refractivity contribution in [3.8, 4) is 11.8 Å². The molecule has 0 fully saturated rings. The SMILES string of the molecule is CC(=O)/C(C)=C/C#CC(/C=C(\C)Cl)S(=O)(=O)NCC(C)(C)C(C)C(=O)CNO. The number of nitrogens with one attached hydrogen (secondary N) is 2. The zero-order chi connectivity index (χ0) is 22.1. The summed E-state index contributed by atoms with van der Waals surface area (Å²) in [5.41, 5.74) is 1.52. The number of Topliss-reactive ketones (excluding diaryl/α,β-unsaturated/α-hetero) is 2. The fraction of sp³-hybridized carbons (Fsp3) is 0.579. The van der Waals surface area contributed by atoms with Crippen molar-refractivity contribution in [1.82, 2.24) is 10.2 Å². The molecule has 0 aliphatic rings. The topological polar surface area (TPSA) is 113 Å². The lowest BCUT2D eigenvalue weighted by Crippen LogP contribution is -2.44. The normalized spacial score (nSPS) is 15.4. The van der Waals surface area contributed by atoms with Gasteiger partial charge < -0.3 is 5.21 Å². The van der Waals surface area contributed by atoms with Crippen molar-refractivity contribution in [1.29, 1.82) is 0 Å². The molecular weight excluding hydrogens is 404 g/mol. The third-order valence-electron chi connectivity index (χ3n) is 4.42. The Morgan fingerprint density at radius 2 is 1.82 bits per heavy atom. The number of ketones is 2. The molecule has 7 nitrogen and oxygen atoms in total. The van der Waals surface area contributed by atoms with Gasteiger partial charge in [-0.05, 0) is 38.3 Å². The van der Waals surface area contributed by atoms with Gasteiger partial charge in [-0.25, -0.2) is 13.1 Å². The molecule has 0 bridgehead atoms. The van der Waals surface area contributed by atoms with Crippen molar-refractivity contribution in [3.05, 3.63) is 22.8 Å². The molecule has 0 heterocycles. The van der Waals surface area contributed by atoms with E-state index in [9.17, 15) is 18.0 Å². The van der Waals surface area contributed by atoms with E-state index < -0.39 is 26.6 Å². The van der Waals surface area contributed by atoms with Crippen LogP contribution in [0.1, 0.15) is 41.5 Å². The lowest BCUT2D eigenvalue weighted by molar-refractivity contribution is -0.126. The van der Waals surface area contributed by atoms with E-state index in [0.717, 1.165) is 0 Å². The largest absolute Gasteiger partial charge is 0.316 e. The van der Waals surface area contributed by atoms with Crippen LogP contribution in [0.5, 0.6) is 0 Å². The summed E-state index contributed by atoms with van der Waals surface area (Å²) in [5, 5.41) is 7.72. The summed E-state index contributed by atoms with van der Waals surface area (Å²) in [5.74, 6) is 4.26. The molecule has 2 unspecified atom stereocenters. The van der Waals surface area contributed by atoms with Crippen LogP contribution >= 0.6 is 11.6 Å². The minimum atomic E-state index is -3.92. The first-order chi connectivity index (χ1) is 12.7. The molecule has 0 aliphatic carbocycles. The zero-order valence-corrected chi connectivity index (χ0v) is 18.7. The summed E-state index contributed by atoms with van der Waals surface area (Å²) in [6.45, 7) is 9.45. The molecule has 0 aromatic carbocycles. The molecule has 0 rings (SSSR count). The van der Waals surface area contributed by atoms with E-state index >= 15 is 0 Å². The highest BCUT2D eigenvalue weighted by Gasteiger charge is 2.33. The van der Waals surface area contributed by atoms with Crippen LogP contribution in [0.3, 0.4) is 0 Å². The second kappa shape index (κ2) is 11.5. The maximum absolute atomic E-state index is 12.7. The summed E-state index contributed by atoms with van der Waals surface area (Å²) in [4.78, 5) is 23.2. The molecule has 0 radical (unpaired) electrons. The van der Waals surface area contributed by atoms with Crippen LogP contribution in [0.2, 0.25) is 0 Å². The molecule has 0 amide bonds. The molecule has 0 saturated heterocycles. The average Bonchev–Trinajstić information content (AvgIpc) is 2.58. The number of carbonyl (C=O) groups excluding carboxylic acids is 2. The number of rotatable bonds is 10. The smallest absolute Gasteiger partial charge is 0.229 e. The molecule has 9 heteroatoms. The lowest BCUT2D eigenvalue weighted by Gasteiger charge is -2.31. The standard InChI is InChI=1S/C19H29ClN2O5S/c1-13(16(4)23)8-7-9-17(10-14(2)20)28(26,27)22-12-19(5,6)15(3)18(24)11-21-25/h8,10,15,17,21-22,25H,11-12H2,1-6H3/b13-8+,14-10+. The van der Waals surface area contributed by atoms with Crippen LogP contribution in [0.25, 0.3) is 0 Å². The average molecular weight is 433 g/mol. The fourth-order valence-electron chi connectivity index (χ4n) is 1.95. The minimum Gasteiger partial charge on any atom is -0.316 e. The van der Waals surface area contributed by atoms with E-state index in [1.807, 2.05) is 5.48 Å². The van der Waals surface area contributed by atoms with Gasteiger partial charge in [-0.15, -0.1) is 0 Å². The Bertz CT molecular complexity index is 800. The van der Waals surface area contributed by atoms with Gasteiger partial charge >= 0.3 is 0 Å². The van der Waals surface area contributed by atoms with Gasteiger partial charge in [0.05, 0.1) is 6.54 Å². The van der Waals surface area contributed by atoms with Crippen LogP contribution in [0, 0.1) is 23.2 Å². The van der Waals surface area contributed by atoms with Gasteiger partial charge in [-0.3, -0.25) is 9.59 Å². The molecule has 0 spiro atoms. The molecule has 158 valence electrons. The molecule has 0 aromatic rings. The monoisotopic (exact) mass is 432 g/mol. The Hall–Kier alpha value is -1.50. The lowest BCUT2D eigenvalue weighted by atomic mass is 9.77. The Kier molecular flexibility index (Phi) is 10.9. The highest BCUT2D eigenvalue weighted by Crippen LogP contribution is 2.27. The molecule has 0 aromatic heterocycles. The number of hydrogen-bond acceptors (Lipinski definition) is 6. The third kappa shape index (κ3) is 9.13. The molecule has 3 N–H and O–H groups in total. The first-order valence-electron chi connectivity index (χ1n) is 8.65. The van der Waals surface area contributed by atoms with Crippen molar-refractivity contribution in [3.63, 3.8) is 0 Å². The summed E-state index contributed by atoms with van der Waals surface area (Å²) in [6, 6.07) is 0. The van der Waals surface area contributed by atoms with Gasteiger partial charge in [-0.1, -0.05) is 44.2 Å². The van der Waals surface area contributed by atoms with Crippen molar-refractivity contribution in [2.24, 2.45) is 11.3 Å². The summed E-state index contributed by atoms with van der Waals surface area (Å²) in [6.07, 6.45) is 2.65. The van der Waals surface area contributed by atoms with E-state index in [1.54, 1.807) is 27.7 Å². The maximum atomic E-state index is 12.7. The Morgan fingerprint density at radius 1 is 1.25 bits per heavy atom. The van der Waals surface area contributed by atoms with Crippen LogP contribution in [0.15, 0.2) is 22.8 Å². The quantitative estimate of drug-likeness (QED) is 0.277. The molecule has 28 heavy (non-hydrogen) atoms. The van der Waals surface area contributed by atoms with E-state index in [4.69, 9.17) is 16.8 Å². The Morgan fingerprint density at radius 3 is 2.29 bits per heavy atom. The molecule has 0 aliphatic heterocycles. The van der Waals surface area contributed by atoms with Gasteiger partial charge in [-0.2, -0.15) is 5.48 Å². The second-order valence-electron chi connectivity index (χ2n) is 7.22. The van der Waals surface area contributed by atoms with Gasteiger partial charge in [0.2, 0.25) is 10.0 Å². The van der Waals surface area contributed by atoms with E-state index in [2.05, 4.69) is 16.6 Å².